The molecule has 1 aliphatic rings. The zero-order chi connectivity index (χ0) is 11.8. The Balaban J connectivity index is 2.10. The molecular weight excluding hydrogens is 232 g/mol. The fraction of sp³-hybridized carbons (Fsp3) is 0.429. The number of piperidine rings is 1. The molecule has 90 valence electrons. The molecule has 1 unspecified atom stereocenters. The number of aromatic amines is 1. The predicted octanol–water partition coefficient (Wildman–Crippen LogP) is 3.60. The van der Waals surface area contributed by atoms with Gasteiger partial charge in [0.25, 0.3) is 0 Å². The lowest BCUT2D eigenvalue weighted by Crippen LogP contribution is -2.28. The van der Waals surface area contributed by atoms with Crippen LogP contribution in [0.5, 0.6) is 0 Å². The Bertz CT molecular complexity index is 538. The van der Waals surface area contributed by atoms with Crippen molar-refractivity contribution >= 4 is 22.5 Å². The third-order valence-corrected chi connectivity index (χ3v) is 4.10. The predicted molar refractivity (Wildman–Crippen MR) is 72.9 cm³/mol. The van der Waals surface area contributed by atoms with Crippen LogP contribution >= 0.6 is 11.6 Å². The van der Waals surface area contributed by atoms with Crippen molar-refractivity contribution in [3.63, 3.8) is 0 Å². The number of aryl methyl sites for hydroxylation is 1. The van der Waals surface area contributed by atoms with E-state index in [1.165, 1.54) is 29.5 Å². The zero-order valence-electron chi connectivity index (χ0n) is 10.0. The Labute approximate surface area is 106 Å². The maximum atomic E-state index is 6.23. The van der Waals surface area contributed by atoms with Gasteiger partial charge in [-0.1, -0.05) is 23.7 Å². The number of aromatic nitrogens is 1. The fourth-order valence-corrected chi connectivity index (χ4v) is 3.07. The van der Waals surface area contributed by atoms with Gasteiger partial charge < -0.3 is 10.3 Å². The van der Waals surface area contributed by atoms with Crippen molar-refractivity contribution in [1.29, 1.82) is 0 Å². The first-order chi connectivity index (χ1) is 8.27. The second-order valence-electron chi connectivity index (χ2n) is 4.87. The Kier molecular flexibility index (Phi) is 2.85. The average Bonchev–Trinajstić information content (AvgIpc) is 2.70. The van der Waals surface area contributed by atoms with Crippen LogP contribution in [-0.2, 0) is 0 Å². The molecule has 2 aromatic rings. The zero-order valence-corrected chi connectivity index (χ0v) is 10.8. The molecule has 1 atom stereocenters. The van der Waals surface area contributed by atoms with Crippen molar-refractivity contribution < 1.29 is 0 Å². The summed E-state index contributed by atoms with van der Waals surface area (Å²) in [6, 6.07) is 6.12. The second-order valence-corrected chi connectivity index (χ2v) is 5.28. The normalized spacial score (nSPS) is 20.9. The van der Waals surface area contributed by atoms with Gasteiger partial charge in [0, 0.05) is 23.5 Å². The van der Waals surface area contributed by atoms with Crippen LogP contribution < -0.4 is 5.32 Å². The minimum absolute atomic E-state index is 0.604. The molecule has 1 aromatic carbocycles. The van der Waals surface area contributed by atoms with Crippen molar-refractivity contribution in [2.45, 2.75) is 25.7 Å². The first kappa shape index (κ1) is 11.1. The average molecular weight is 249 g/mol. The summed E-state index contributed by atoms with van der Waals surface area (Å²) in [6.45, 7) is 4.42. The summed E-state index contributed by atoms with van der Waals surface area (Å²) in [5.41, 5.74) is 3.81. The topological polar surface area (TPSA) is 27.8 Å². The van der Waals surface area contributed by atoms with Crippen LogP contribution in [0.15, 0.2) is 18.2 Å². The minimum atomic E-state index is 0.604. The van der Waals surface area contributed by atoms with Gasteiger partial charge in [0.1, 0.15) is 0 Å². The van der Waals surface area contributed by atoms with Crippen LogP contribution in [-0.4, -0.2) is 18.1 Å². The van der Waals surface area contributed by atoms with E-state index in [2.05, 4.69) is 23.3 Å². The lowest BCUT2D eigenvalue weighted by Gasteiger charge is -2.22. The summed E-state index contributed by atoms with van der Waals surface area (Å²) < 4.78 is 0. The number of fused-ring (bicyclic) bond motifs is 1. The van der Waals surface area contributed by atoms with E-state index in [1.807, 2.05) is 12.1 Å². The molecule has 0 saturated carbocycles. The summed E-state index contributed by atoms with van der Waals surface area (Å²) in [6.07, 6.45) is 2.52. The number of benzene rings is 1. The number of H-pyrrole nitrogens is 1. The highest BCUT2D eigenvalue weighted by molar-refractivity contribution is 6.35. The van der Waals surface area contributed by atoms with E-state index in [-0.39, 0.29) is 0 Å². The first-order valence-corrected chi connectivity index (χ1v) is 6.62. The molecule has 1 aromatic heterocycles. The molecule has 0 spiro atoms. The van der Waals surface area contributed by atoms with E-state index in [0.29, 0.717) is 5.92 Å². The molecule has 0 amide bonds. The molecule has 3 rings (SSSR count). The molecule has 2 nitrogen and oxygen atoms in total. The number of halogens is 1. The number of hydrogen-bond acceptors (Lipinski definition) is 1. The molecule has 1 fully saturated rings. The van der Waals surface area contributed by atoms with Crippen molar-refractivity contribution in [1.82, 2.24) is 10.3 Å². The summed E-state index contributed by atoms with van der Waals surface area (Å²) >= 11 is 6.23. The van der Waals surface area contributed by atoms with Crippen LogP contribution in [0, 0.1) is 6.92 Å². The van der Waals surface area contributed by atoms with Crippen molar-refractivity contribution in [3.05, 3.63) is 34.5 Å². The summed E-state index contributed by atoms with van der Waals surface area (Å²) in [5.74, 6) is 0.604. The molecule has 0 radical (unpaired) electrons. The Morgan fingerprint density at radius 3 is 2.94 bits per heavy atom. The highest BCUT2D eigenvalue weighted by Gasteiger charge is 2.20. The monoisotopic (exact) mass is 248 g/mol. The fourth-order valence-electron chi connectivity index (χ4n) is 2.84. The minimum Gasteiger partial charge on any atom is -0.357 e. The summed E-state index contributed by atoms with van der Waals surface area (Å²) in [7, 11) is 0. The largest absolute Gasteiger partial charge is 0.357 e. The van der Waals surface area contributed by atoms with Gasteiger partial charge >= 0.3 is 0 Å². The van der Waals surface area contributed by atoms with E-state index < -0.39 is 0 Å². The van der Waals surface area contributed by atoms with E-state index >= 15 is 0 Å². The van der Waals surface area contributed by atoms with Crippen molar-refractivity contribution in [2.24, 2.45) is 0 Å². The number of para-hydroxylation sites is 1. The molecule has 0 bridgehead atoms. The van der Waals surface area contributed by atoms with E-state index in [0.717, 1.165) is 23.6 Å². The lowest BCUT2D eigenvalue weighted by molar-refractivity contribution is 0.455. The van der Waals surface area contributed by atoms with Gasteiger partial charge in [-0.05, 0) is 37.9 Å². The third-order valence-electron chi connectivity index (χ3n) is 3.79. The second kappa shape index (κ2) is 4.35. The van der Waals surface area contributed by atoms with Gasteiger partial charge in [0.15, 0.2) is 0 Å². The van der Waals surface area contributed by atoms with Crippen LogP contribution in [0.4, 0.5) is 0 Å². The molecular formula is C14H17ClN2. The molecule has 1 saturated heterocycles. The van der Waals surface area contributed by atoms with Gasteiger partial charge in [-0.15, -0.1) is 0 Å². The Morgan fingerprint density at radius 1 is 1.35 bits per heavy atom. The smallest absolute Gasteiger partial charge is 0.0648 e. The number of nitrogens with one attached hydrogen (secondary N) is 2. The van der Waals surface area contributed by atoms with Crippen LogP contribution in [0.3, 0.4) is 0 Å². The van der Waals surface area contributed by atoms with Gasteiger partial charge in [-0.3, -0.25) is 0 Å². The summed E-state index contributed by atoms with van der Waals surface area (Å²) in [4.78, 5) is 3.53. The van der Waals surface area contributed by atoms with E-state index in [4.69, 9.17) is 11.6 Å². The van der Waals surface area contributed by atoms with E-state index in [1.54, 1.807) is 0 Å². The van der Waals surface area contributed by atoms with Gasteiger partial charge in [0.05, 0.1) is 10.5 Å². The van der Waals surface area contributed by atoms with Crippen LogP contribution in [0.2, 0.25) is 5.02 Å². The van der Waals surface area contributed by atoms with Crippen molar-refractivity contribution in [3.8, 4) is 0 Å². The highest BCUT2D eigenvalue weighted by atomic mass is 35.5. The standard InChI is InChI=1S/C14H17ClN2/c1-9-11-5-2-6-12(15)14(11)17-13(9)10-4-3-7-16-8-10/h2,5-6,10,16-17H,3-4,7-8H2,1H3. The van der Waals surface area contributed by atoms with Gasteiger partial charge in [-0.2, -0.15) is 0 Å². The Morgan fingerprint density at radius 2 is 2.24 bits per heavy atom. The maximum absolute atomic E-state index is 6.23. The highest BCUT2D eigenvalue weighted by Crippen LogP contribution is 2.33. The Hall–Kier alpha value is -0.990. The number of hydrogen-bond donors (Lipinski definition) is 2. The van der Waals surface area contributed by atoms with Crippen molar-refractivity contribution in [2.75, 3.05) is 13.1 Å². The maximum Gasteiger partial charge on any atom is 0.0648 e. The molecule has 2 heterocycles. The quantitative estimate of drug-likeness (QED) is 0.793. The lowest BCUT2D eigenvalue weighted by atomic mass is 9.93. The third kappa shape index (κ3) is 1.85. The van der Waals surface area contributed by atoms with Crippen LogP contribution in [0.25, 0.3) is 10.9 Å². The molecule has 1 aliphatic heterocycles. The molecule has 2 N–H and O–H groups in total. The first-order valence-electron chi connectivity index (χ1n) is 6.25. The number of rotatable bonds is 1. The SMILES string of the molecule is Cc1c(C2CCCNC2)[nH]c2c(Cl)cccc12. The van der Waals surface area contributed by atoms with E-state index in [9.17, 15) is 0 Å². The van der Waals surface area contributed by atoms with Crippen LogP contribution in [0.1, 0.15) is 30.0 Å². The molecule has 0 aliphatic carbocycles. The molecule has 3 heteroatoms. The molecule has 17 heavy (non-hydrogen) atoms. The van der Waals surface area contributed by atoms with Gasteiger partial charge in [-0.25, -0.2) is 0 Å². The van der Waals surface area contributed by atoms with Gasteiger partial charge in [0.2, 0.25) is 0 Å². The summed E-state index contributed by atoms with van der Waals surface area (Å²) in [5, 5.41) is 5.55.